The number of primary amides is 1. The van der Waals surface area contributed by atoms with Gasteiger partial charge < -0.3 is 16.2 Å². The number of carboxylic acids is 1. The molecule has 0 radical (unpaired) electrons. The van der Waals surface area contributed by atoms with Crippen molar-refractivity contribution in [3.8, 4) is 0 Å². The molecule has 0 fully saturated rings. The number of aliphatic carboxylic acids is 1. The summed E-state index contributed by atoms with van der Waals surface area (Å²) in [5.41, 5.74) is 5.01. The van der Waals surface area contributed by atoms with Crippen LogP contribution >= 0.6 is 0 Å². The minimum Gasteiger partial charge on any atom is -0.480 e. The highest BCUT2D eigenvalue weighted by Crippen LogP contribution is 2.12. The van der Waals surface area contributed by atoms with Gasteiger partial charge in [-0.05, 0) is 12.8 Å². The van der Waals surface area contributed by atoms with Gasteiger partial charge in [-0.1, -0.05) is 71.1 Å². The minimum atomic E-state index is -1.13. The Morgan fingerprint density at radius 2 is 1.32 bits per heavy atom. The summed E-state index contributed by atoms with van der Waals surface area (Å²) in [5.74, 6) is -1.97. The van der Waals surface area contributed by atoms with Gasteiger partial charge in [0.05, 0.1) is 0 Å². The zero-order valence-corrected chi connectivity index (χ0v) is 15.7. The van der Waals surface area contributed by atoms with Crippen molar-refractivity contribution in [1.82, 2.24) is 5.32 Å². The van der Waals surface area contributed by atoms with Gasteiger partial charge in [0.2, 0.25) is 11.8 Å². The molecule has 0 rings (SSSR count). The molecule has 25 heavy (non-hydrogen) atoms. The van der Waals surface area contributed by atoms with E-state index in [4.69, 9.17) is 10.8 Å². The molecular formula is C19H36N2O4. The molecule has 0 aromatic carbocycles. The number of amides is 2. The second-order valence-corrected chi connectivity index (χ2v) is 6.75. The highest BCUT2D eigenvalue weighted by molar-refractivity contribution is 5.84. The Labute approximate surface area is 151 Å². The van der Waals surface area contributed by atoms with Crippen LogP contribution in [-0.4, -0.2) is 28.9 Å². The summed E-state index contributed by atoms with van der Waals surface area (Å²) in [7, 11) is 0. The number of carbonyl (C=O) groups excluding carboxylic acids is 2. The van der Waals surface area contributed by atoms with Gasteiger partial charge in [0.15, 0.2) is 0 Å². The highest BCUT2D eigenvalue weighted by Gasteiger charge is 2.20. The maximum absolute atomic E-state index is 11.8. The Morgan fingerprint density at radius 1 is 0.840 bits per heavy atom. The molecule has 2 amide bonds. The van der Waals surface area contributed by atoms with Crippen LogP contribution in [0.25, 0.3) is 0 Å². The molecule has 0 aliphatic rings. The van der Waals surface area contributed by atoms with E-state index in [0.717, 1.165) is 19.3 Å². The lowest BCUT2D eigenvalue weighted by Gasteiger charge is -2.13. The molecule has 0 unspecified atom stereocenters. The standard InChI is InChI=1S/C19H36N2O4/c1-2-3-4-5-6-7-8-9-10-11-12-13-18(23)21-16(19(24)25)14-15-17(20)22/h16H,2-15H2,1H3,(H2,20,22)(H,21,23)(H,24,25)/t16-/m1/s1. The van der Waals surface area contributed by atoms with Crippen LogP contribution in [0.3, 0.4) is 0 Å². The lowest BCUT2D eigenvalue weighted by atomic mass is 10.0. The Balaban J connectivity index is 3.58. The van der Waals surface area contributed by atoms with Gasteiger partial charge in [-0.15, -0.1) is 0 Å². The van der Waals surface area contributed by atoms with Gasteiger partial charge in [-0.25, -0.2) is 4.79 Å². The van der Waals surface area contributed by atoms with Gasteiger partial charge in [0.1, 0.15) is 6.04 Å². The summed E-state index contributed by atoms with van der Waals surface area (Å²) in [5, 5.41) is 11.5. The molecule has 0 heterocycles. The predicted molar refractivity (Wildman–Crippen MR) is 99.1 cm³/mol. The average Bonchev–Trinajstić information content (AvgIpc) is 2.56. The fourth-order valence-corrected chi connectivity index (χ4v) is 2.76. The molecule has 0 aromatic rings. The molecule has 0 aromatic heterocycles. The van der Waals surface area contributed by atoms with E-state index >= 15 is 0 Å². The van der Waals surface area contributed by atoms with Crippen LogP contribution in [0, 0.1) is 0 Å². The molecule has 0 aliphatic heterocycles. The van der Waals surface area contributed by atoms with Crippen molar-refractivity contribution in [2.24, 2.45) is 5.73 Å². The fraction of sp³-hybridized carbons (Fsp3) is 0.842. The van der Waals surface area contributed by atoms with E-state index in [9.17, 15) is 14.4 Å². The quantitative estimate of drug-likeness (QED) is 0.346. The third kappa shape index (κ3) is 15.7. The van der Waals surface area contributed by atoms with Crippen LogP contribution in [0.1, 0.15) is 96.8 Å². The highest BCUT2D eigenvalue weighted by atomic mass is 16.4. The third-order valence-corrected chi connectivity index (χ3v) is 4.32. The smallest absolute Gasteiger partial charge is 0.326 e. The molecule has 0 bridgehead atoms. The van der Waals surface area contributed by atoms with Crippen molar-refractivity contribution in [2.75, 3.05) is 0 Å². The van der Waals surface area contributed by atoms with E-state index in [1.807, 2.05) is 0 Å². The Kier molecular flexibility index (Phi) is 14.9. The van der Waals surface area contributed by atoms with E-state index in [1.165, 1.54) is 51.4 Å². The number of hydrogen-bond donors (Lipinski definition) is 3. The SMILES string of the molecule is CCCCCCCCCCCCCC(=O)N[C@H](CCC(N)=O)C(=O)O. The van der Waals surface area contributed by atoms with E-state index in [-0.39, 0.29) is 18.7 Å². The van der Waals surface area contributed by atoms with Crippen molar-refractivity contribution < 1.29 is 19.5 Å². The Morgan fingerprint density at radius 3 is 1.76 bits per heavy atom. The van der Waals surface area contributed by atoms with Gasteiger partial charge in [-0.2, -0.15) is 0 Å². The summed E-state index contributed by atoms with van der Waals surface area (Å²) in [4.78, 5) is 33.5. The van der Waals surface area contributed by atoms with Crippen molar-refractivity contribution in [1.29, 1.82) is 0 Å². The molecule has 146 valence electrons. The van der Waals surface area contributed by atoms with Crippen molar-refractivity contribution >= 4 is 17.8 Å². The summed E-state index contributed by atoms with van der Waals surface area (Å²) >= 11 is 0. The first-order chi connectivity index (χ1) is 12.0. The van der Waals surface area contributed by atoms with E-state index in [0.29, 0.717) is 6.42 Å². The number of nitrogens with one attached hydrogen (secondary N) is 1. The van der Waals surface area contributed by atoms with Gasteiger partial charge in [-0.3, -0.25) is 9.59 Å². The largest absolute Gasteiger partial charge is 0.480 e. The van der Waals surface area contributed by atoms with Gasteiger partial charge >= 0.3 is 5.97 Å². The van der Waals surface area contributed by atoms with Crippen LogP contribution < -0.4 is 11.1 Å². The molecule has 6 heteroatoms. The number of carbonyl (C=O) groups is 3. The zero-order valence-electron chi connectivity index (χ0n) is 15.7. The summed E-state index contributed by atoms with van der Waals surface area (Å²) in [6, 6.07) is -1.03. The topological polar surface area (TPSA) is 109 Å². The second-order valence-electron chi connectivity index (χ2n) is 6.75. The van der Waals surface area contributed by atoms with E-state index in [2.05, 4.69) is 12.2 Å². The third-order valence-electron chi connectivity index (χ3n) is 4.32. The molecule has 1 atom stereocenters. The van der Waals surface area contributed by atoms with Crippen LogP contribution in [0.5, 0.6) is 0 Å². The van der Waals surface area contributed by atoms with Crippen molar-refractivity contribution in [2.45, 2.75) is 103 Å². The number of hydrogen-bond acceptors (Lipinski definition) is 3. The first kappa shape index (κ1) is 23.4. The normalized spacial score (nSPS) is 11.9. The number of nitrogens with two attached hydrogens (primary N) is 1. The lowest BCUT2D eigenvalue weighted by molar-refractivity contribution is -0.142. The van der Waals surface area contributed by atoms with E-state index in [1.54, 1.807) is 0 Å². The summed E-state index contributed by atoms with van der Waals surface area (Å²) < 4.78 is 0. The minimum absolute atomic E-state index is 0.0364. The predicted octanol–water partition coefficient (Wildman–Crippen LogP) is 3.52. The lowest BCUT2D eigenvalue weighted by Crippen LogP contribution is -2.41. The molecule has 0 aliphatic carbocycles. The Hall–Kier alpha value is -1.59. The van der Waals surface area contributed by atoms with Gasteiger partial charge in [0.25, 0.3) is 0 Å². The molecule has 6 nitrogen and oxygen atoms in total. The van der Waals surface area contributed by atoms with Crippen LogP contribution in [0.2, 0.25) is 0 Å². The molecule has 4 N–H and O–H groups in total. The maximum Gasteiger partial charge on any atom is 0.326 e. The first-order valence-corrected chi connectivity index (χ1v) is 9.77. The zero-order chi connectivity index (χ0) is 18.9. The second kappa shape index (κ2) is 15.9. The number of carboxylic acid groups (broad SMARTS) is 1. The molecular weight excluding hydrogens is 320 g/mol. The van der Waals surface area contributed by atoms with Crippen molar-refractivity contribution in [3.63, 3.8) is 0 Å². The van der Waals surface area contributed by atoms with Crippen molar-refractivity contribution in [3.05, 3.63) is 0 Å². The molecule has 0 saturated carbocycles. The van der Waals surface area contributed by atoms with Gasteiger partial charge in [0, 0.05) is 12.8 Å². The van der Waals surface area contributed by atoms with Crippen LogP contribution in [-0.2, 0) is 14.4 Å². The maximum atomic E-state index is 11.8. The van der Waals surface area contributed by atoms with E-state index < -0.39 is 17.9 Å². The Bertz CT molecular complexity index is 386. The number of rotatable bonds is 17. The fourth-order valence-electron chi connectivity index (χ4n) is 2.76. The molecule has 0 spiro atoms. The molecule has 0 saturated heterocycles. The average molecular weight is 357 g/mol. The number of unbranched alkanes of at least 4 members (excludes halogenated alkanes) is 10. The van der Waals surface area contributed by atoms with Crippen LogP contribution in [0.15, 0.2) is 0 Å². The monoisotopic (exact) mass is 356 g/mol. The summed E-state index contributed by atoms with van der Waals surface area (Å²) in [6.45, 7) is 2.23. The summed E-state index contributed by atoms with van der Waals surface area (Å²) in [6.07, 6.45) is 13.6. The van der Waals surface area contributed by atoms with Crippen LogP contribution in [0.4, 0.5) is 0 Å². The first-order valence-electron chi connectivity index (χ1n) is 9.77.